The van der Waals surface area contributed by atoms with Crippen molar-refractivity contribution in [3.05, 3.63) is 98.3 Å². The summed E-state index contributed by atoms with van der Waals surface area (Å²) in [6.07, 6.45) is 1.33. The van der Waals surface area contributed by atoms with Crippen molar-refractivity contribution in [3.8, 4) is 5.69 Å². The fourth-order valence-electron chi connectivity index (χ4n) is 3.00. The molecule has 4 aromatic rings. The molecule has 2 heterocycles. The summed E-state index contributed by atoms with van der Waals surface area (Å²) in [7, 11) is 1.39. The number of nitrogens with one attached hydrogen (secondary N) is 1. The molecule has 2 aromatic carbocycles. The van der Waals surface area contributed by atoms with Crippen LogP contribution in [-0.4, -0.2) is 20.0 Å². The zero-order valence-corrected chi connectivity index (χ0v) is 16.1. The lowest BCUT2D eigenvalue weighted by atomic mass is 10.2. The minimum Gasteiger partial charge on any atom is -0.322 e. The average Bonchev–Trinajstić information content (AvgIpc) is 2.73. The Morgan fingerprint density at radius 3 is 2.52 bits per heavy atom. The van der Waals surface area contributed by atoms with Crippen LogP contribution >= 0.6 is 11.6 Å². The minimum atomic E-state index is -0.526. The molecule has 0 atom stereocenters. The second kappa shape index (κ2) is 7.37. The monoisotopic (exact) mass is 406 g/mol. The number of anilines is 1. The first-order valence-corrected chi connectivity index (χ1v) is 9.07. The summed E-state index contributed by atoms with van der Waals surface area (Å²) >= 11 is 5.94. The Bertz CT molecular complexity index is 1360. The smallest absolute Gasteiger partial charge is 0.322 e. The van der Waals surface area contributed by atoms with Crippen LogP contribution < -0.4 is 16.6 Å². The van der Waals surface area contributed by atoms with Crippen LogP contribution in [0.1, 0.15) is 10.4 Å². The fraction of sp³-hybridized carbons (Fsp3) is 0.0476. The van der Waals surface area contributed by atoms with E-state index >= 15 is 0 Å². The zero-order chi connectivity index (χ0) is 20.5. The first-order chi connectivity index (χ1) is 14.0. The van der Waals surface area contributed by atoms with E-state index in [0.717, 1.165) is 4.57 Å². The molecule has 2 aromatic heterocycles. The van der Waals surface area contributed by atoms with Crippen LogP contribution in [0.2, 0.25) is 5.02 Å². The number of amides is 1. The molecule has 0 fully saturated rings. The fourth-order valence-corrected chi connectivity index (χ4v) is 3.20. The van der Waals surface area contributed by atoms with E-state index in [1.807, 2.05) is 6.07 Å². The second-order valence-electron chi connectivity index (χ2n) is 6.38. The van der Waals surface area contributed by atoms with Gasteiger partial charge < -0.3 is 5.32 Å². The van der Waals surface area contributed by atoms with E-state index in [9.17, 15) is 14.4 Å². The third-order valence-corrected chi connectivity index (χ3v) is 4.69. The van der Waals surface area contributed by atoms with Gasteiger partial charge in [0.1, 0.15) is 0 Å². The van der Waals surface area contributed by atoms with Gasteiger partial charge in [-0.05, 0) is 36.4 Å². The molecule has 0 aliphatic carbocycles. The number of hydrogen-bond donors (Lipinski definition) is 1. The maximum absolute atomic E-state index is 12.7. The van der Waals surface area contributed by atoms with E-state index in [0.29, 0.717) is 16.4 Å². The van der Waals surface area contributed by atoms with Crippen LogP contribution in [0.5, 0.6) is 0 Å². The Kier molecular flexibility index (Phi) is 4.74. The van der Waals surface area contributed by atoms with Gasteiger partial charge in [0, 0.05) is 24.0 Å². The van der Waals surface area contributed by atoms with Gasteiger partial charge in [-0.25, -0.2) is 14.3 Å². The summed E-state index contributed by atoms with van der Waals surface area (Å²) < 4.78 is 2.34. The molecule has 0 unspecified atom stereocenters. The van der Waals surface area contributed by atoms with Crippen LogP contribution in [0, 0.1) is 0 Å². The normalized spacial score (nSPS) is 10.8. The third-order valence-electron chi connectivity index (χ3n) is 4.45. The first kappa shape index (κ1) is 18.6. The number of fused-ring (bicyclic) bond motifs is 1. The molecule has 1 N–H and O–H groups in total. The molecule has 29 heavy (non-hydrogen) atoms. The lowest BCUT2D eigenvalue weighted by Crippen LogP contribution is -2.38. The number of nitrogens with zero attached hydrogens (tertiary/aromatic N) is 3. The van der Waals surface area contributed by atoms with Gasteiger partial charge in [0.2, 0.25) is 0 Å². The van der Waals surface area contributed by atoms with Crippen molar-refractivity contribution in [2.45, 2.75) is 0 Å². The zero-order valence-electron chi connectivity index (χ0n) is 15.3. The number of halogens is 1. The second-order valence-corrected chi connectivity index (χ2v) is 6.81. The number of hydrogen-bond acceptors (Lipinski definition) is 4. The maximum Gasteiger partial charge on any atom is 0.337 e. The molecule has 1 amide bonds. The summed E-state index contributed by atoms with van der Waals surface area (Å²) in [6, 6.07) is 17.0. The molecule has 0 spiro atoms. The Labute approximate surface area is 169 Å². The lowest BCUT2D eigenvalue weighted by molar-refractivity contribution is 0.102. The quantitative estimate of drug-likeness (QED) is 0.566. The molecule has 0 saturated carbocycles. The van der Waals surface area contributed by atoms with Crippen molar-refractivity contribution >= 4 is 34.2 Å². The highest BCUT2D eigenvalue weighted by atomic mass is 35.5. The van der Waals surface area contributed by atoms with Gasteiger partial charge in [-0.3, -0.25) is 14.2 Å². The molecule has 0 aliphatic heterocycles. The molecule has 0 bridgehead atoms. The van der Waals surface area contributed by atoms with Crippen LogP contribution in [0.25, 0.3) is 16.7 Å². The van der Waals surface area contributed by atoms with Crippen molar-refractivity contribution in [1.82, 2.24) is 14.1 Å². The summed E-state index contributed by atoms with van der Waals surface area (Å²) in [5.74, 6) is -0.443. The van der Waals surface area contributed by atoms with E-state index in [1.54, 1.807) is 48.5 Å². The molecular weight excluding hydrogens is 392 g/mol. The van der Waals surface area contributed by atoms with Gasteiger partial charge in [0.15, 0.2) is 5.65 Å². The third kappa shape index (κ3) is 3.43. The summed E-state index contributed by atoms with van der Waals surface area (Å²) in [5.41, 5.74) is 0.419. The Balaban J connectivity index is 1.85. The highest BCUT2D eigenvalue weighted by molar-refractivity contribution is 6.31. The first-order valence-electron chi connectivity index (χ1n) is 8.70. The van der Waals surface area contributed by atoms with Gasteiger partial charge in [0.05, 0.1) is 16.6 Å². The summed E-state index contributed by atoms with van der Waals surface area (Å²) in [5, 5.41) is 3.36. The van der Waals surface area contributed by atoms with Gasteiger partial charge in [-0.1, -0.05) is 35.9 Å². The number of benzene rings is 2. The van der Waals surface area contributed by atoms with Crippen LogP contribution in [0.3, 0.4) is 0 Å². The van der Waals surface area contributed by atoms with E-state index in [4.69, 9.17) is 11.6 Å². The molecule has 0 saturated heterocycles. The predicted molar refractivity (Wildman–Crippen MR) is 112 cm³/mol. The van der Waals surface area contributed by atoms with Crippen LogP contribution in [-0.2, 0) is 7.05 Å². The van der Waals surface area contributed by atoms with Gasteiger partial charge in [-0.2, -0.15) is 0 Å². The van der Waals surface area contributed by atoms with Gasteiger partial charge in [0.25, 0.3) is 11.5 Å². The molecular formula is C21H15ClN4O3. The number of carbonyl (C=O) groups is 1. The van der Waals surface area contributed by atoms with Crippen molar-refractivity contribution in [3.63, 3.8) is 0 Å². The Morgan fingerprint density at radius 2 is 1.79 bits per heavy atom. The number of rotatable bonds is 3. The predicted octanol–water partition coefficient (Wildman–Crippen LogP) is 2.99. The van der Waals surface area contributed by atoms with Crippen molar-refractivity contribution in [2.75, 3.05) is 5.32 Å². The van der Waals surface area contributed by atoms with Gasteiger partial charge >= 0.3 is 5.69 Å². The largest absolute Gasteiger partial charge is 0.337 e. The minimum absolute atomic E-state index is 0.162. The van der Waals surface area contributed by atoms with Crippen molar-refractivity contribution in [2.24, 2.45) is 7.05 Å². The van der Waals surface area contributed by atoms with E-state index in [1.165, 1.54) is 23.9 Å². The van der Waals surface area contributed by atoms with E-state index < -0.39 is 17.2 Å². The number of carbonyl (C=O) groups excluding carboxylic acids is 1. The number of pyridine rings is 1. The molecule has 4 rings (SSSR count). The topological polar surface area (TPSA) is 86.0 Å². The molecule has 7 nitrogen and oxygen atoms in total. The highest BCUT2D eigenvalue weighted by Crippen LogP contribution is 2.17. The molecule has 0 radical (unpaired) electrons. The van der Waals surface area contributed by atoms with E-state index in [2.05, 4.69) is 10.3 Å². The average molecular weight is 407 g/mol. The van der Waals surface area contributed by atoms with Crippen LogP contribution in [0.15, 0.2) is 76.4 Å². The van der Waals surface area contributed by atoms with Crippen molar-refractivity contribution < 1.29 is 4.79 Å². The Morgan fingerprint density at radius 1 is 1.03 bits per heavy atom. The van der Waals surface area contributed by atoms with Crippen LogP contribution in [0.4, 0.5) is 5.69 Å². The maximum atomic E-state index is 12.7. The SMILES string of the molecule is Cn1c(=O)c2cc(C(=O)Nc3cccc(Cl)c3)cnc2n(-c2ccccc2)c1=O. The molecule has 0 aliphatic rings. The molecule has 144 valence electrons. The summed E-state index contributed by atoms with van der Waals surface area (Å²) in [6.45, 7) is 0. The summed E-state index contributed by atoms with van der Waals surface area (Å²) in [4.78, 5) is 42.2. The Hall–Kier alpha value is -3.71. The van der Waals surface area contributed by atoms with Crippen molar-refractivity contribution in [1.29, 1.82) is 0 Å². The van der Waals surface area contributed by atoms with E-state index in [-0.39, 0.29) is 16.6 Å². The standard InChI is InChI=1S/C21H15ClN4O3/c1-25-20(28)17-10-13(19(27)24-15-7-5-6-14(22)11-15)12-23-18(17)26(21(25)29)16-8-3-2-4-9-16/h2-12H,1H3,(H,24,27). The number of aromatic nitrogens is 3. The van der Waals surface area contributed by atoms with Gasteiger partial charge in [-0.15, -0.1) is 0 Å². The highest BCUT2D eigenvalue weighted by Gasteiger charge is 2.16. The lowest BCUT2D eigenvalue weighted by Gasteiger charge is -2.12. The number of para-hydroxylation sites is 1. The molecule has 8 heteroatoms.